The third kappa shape index (κ3) is 12.9. The number of aliphatic carboxylic acids is 6. The minimum Gasteiger partial charge on any atom is -0.481 e. The van der Waals surface area contributed by atoms with Crippen molar-refractivity contribution < 1.29 is 68.3 Å². The Morgan fingerprint density at radius 2 is 1.06 bits per heavy atom. The van der Waals surface area contributed by atoms with Gasteiger partial charge in [-0.25, -0.2) is 0 Å². The van der Waals surface area contributed by atoms with Crippen LogP contribution in [0.1, 0.15) is 127 Å². The Labute approximate surface area is 371 Å². The van der Waals surface area contributed by atoms with Gasteiger partial charge in [0.15, 0.2) is 8.32 Å². The van der Waals surface area contributed by atoms with Gasteiger partial charge in [0.25, 0.3) is 0 Å². The van der Waals surface area contributed by atoms with Crippen molar-refractivity contribution >= 4 is 65.7 Å². The third-order valence-electron chi connectivity index (χ3n) is 15.7. The van der Waals surface area contributed by atoms with Crippen molar-refractivity contribution in [3.05, 3.63) is 30.3 Å². The molecule has 6 atom stereocenters. The number of carboxylic acids is 6. The highest BCUT2D eigenvalue weighted by Crippen LogP contribution is 2.72. The van der Waals surface area contributed by atoms with Crippen LogP contribution < -0.4 is 5.19 Å². The van der Waals surface area contributed by atoms with E-state index in [4.69, 9.17) is 8.85 Å². The maximum atomic E-state index is 12.1. The molecular weight excluding hydrogens is 849 g/mol. The summed E-state index contributed by atoms with van der Waals surface area (Å²) in [6.07, 6.45) is 1.24. The summed E-state index contributed by atoms with van der Waals surface area (Å²) in [6.45, 7) is 25.9. The molecule has 62 heavy (non-hydrogen) atoms. The van der Waals surface area contributed by atoms with Crippen LogP contribution >= 0.6 is 0 Å². The molecule has 0 radical (unpaired) electrons. The topological polar surface area (TPSA) is 242 Å². The molecule has 0 amide bonds. The lowest BCUT2D eigenvalue weighted by atomic mass is 9.75. The first-order chi connectivity index (χ1) is 28.1. The lowest BCUT2D eigenvalue weighted by Gasteiger charge is -2.56. The molecule has 14 nitrogen and oxygen atoms in total. The van der Waals surface area contributed by atoms with E-state index < -0.39 is 124 Å². The van der Waals surface area contributed by atoms with E-state index in [-0.39, 0.29) is 19.3 Å². The standard InChI is InChI=1S/C45H76O14Si3/c1-41(2,24-16-19-31(38(52)53)27-35(46)47)43(5,6)61(12,26-18-21-33(40(56)57)29-37(50)51)58-42(3,4)45(9)30-62(45,34-22-14-13-15-23-34)59-44(7,8)60(10,11)25-17-20-32(39(54)55)28-36(48)49/h13-15,22-23,31-33H,16-21,24-30H2,1-12H3,(H,46,47)(H,48,49)(H,50,51)(H,52,53)(H,54,55)(H,56,57). The molecule has 352 valence electrons. The molecule has 17 heteroatoms. The lowest BCUT2D eigenvalue weighted by Crippen LogP contribution is -2.61. The first kappa shape index (κ1) is 54.7. The molecular formula is C45H76O14Si3. The van der Waals surface area contributed by atoms with E-state index in [0.717, 1.165) is 17.3 Å². The molecule has 1 fully saturated rings. The quantitative estimate of drug-likeness (QED) is 0.0395. The summed E-state index contributed by atoms with van der Waals surface area (Å²) < 4.78 is 15.4. The average Bonchev–Trinajstić information content (AvgIpc) is 3.74. The van der Waals surface area contributed by atoms with E-state index >= 15 is 0 Å². The summed E-state index contributed by atoms with van der Waals surface area (Å²) in [5.41, 5.74) is -1.25. The Morgan fingerprint density at radius 1 is 0.661 bits per heavy atom. The van der Waals surface area contributed by atoms with Gasteiger partial charge in [0, 0.05) is 10.3 Å². The molecule has 6 N–H and O–H groups in total. The zero-order chi connectivity index (χ0) is 47.9. The Hall–Kier alpha value is -3.39. The zero-order valence-electron chi connectivity index (χ0n) is 39.3. The molecule has 0 spiro atoms. The van der Waals surface area contributed by atoms with E-state index in [1.165, 1.54) is 0 Å². The van der Waals surface area contributed by atoms with Crippen molar-refractivity contribution in [2.75, 3.05) is 0 Å². The van der Waals surface area contributed by atoms with Crippen LogP contribution in [0.15, 0.2) is 30.3 Å². The number of rotatable bonds is 30. The first-order valence-corrected chi connectivity index (χ1v) is 29.9. The van der Waals surface area contributed by atoms with Crippen molar-refractivity contribution in [2.45, 2.75) is 185 Å². The Bertz CT molecular complexity index is 1760. The number of hydrogen-bond acceptors (Lipinski definition) is 8. The molecule has 1 aromatic carbocycles. The largest absolute Gasteiger partial charge is 0.481 e. The second-order valence-corrected chi connectivity index (χ2v) is 34.9. The van der Waals surface area contributed by atoms with Gasteiger partial charge in [0.1, 0.15) is 0 Å². The van der Waals surface area contributed by atoms with Crippen molar-refractivity contribution in [2.24, 2.45) is 23.2 Å². The number of benzene rings is 1. The Kier molecular flexibility index (Phi) is 18.2. The molecule has 1 aromatic rings. The molecule has 1 aliphatic rings. The fraction of sp³-hybridized carbons (Fsp3) is 0.733. The van der Waals surface area contributed by atoms with Crippen molar-refractivity contribution in [3.8, 4) is 0 Å². The number of carboxylic acid groups (broad SMARTS) is 6. The summed E-state index contributed by atoms with van der Waals surface area (Å²) >= 11 is 0. The Morgan fingerprint density at radius 3 is 1.47 bits per heavy atom. The van der Waals surface area contributed by atoms with Crippen LogP contribution in [-0.4, -0.2) is 102 Å². The molecule has 0 saturated carbocycles. The molecule has 1 saturated heterocycles. The third-order valence-corrected chi connectivity index (χ3v) is 31.9. The maximum absolute atomic E-state index is 12.1. The summed E-state index contributed by atoms with van der Waals surface area (Å²) in [6, 6.07) is 12.2. The molecule has 6 unspecified atom stereocenters. The van der Waals surface area contributed by atoms with Gasteiger partial charge in [0.05, 0.1) is 50.7 Å². The maximum Gasteiger partial charge on any atom is 0.307 e. The van der Waals surface area contributed by atoms with Crippen LogP contribution in [0.5, 0.6) is 0 Å². The second kappa shape index (κ2) is 20.6. The highest BCUT2D eigenvalue weighted by molar-refractivity contribution is 6.99. The van der Waals surface area contributed by atoms with Gasteiger partial charge < -0.3 is 39.5 Å². The van der Waals surface area contributed by atoms with Gasteiger partial charge in [-0.05, 0) is 87.7 Å². The average molecular weight is 925 g/mol. The van der Waals surface area contributed by atoms with Gasteiger partial charge in [-0.2, -0.15) is 0 Å². The van der Waals surface area contributed by atoms with Gasteiger partial charge in [0.2, 0.25) is 8.32 Å². The predicted octanol–water partition coefficient (Wildman–Crippen LogP) is 9.09. The number of hydrogen-bond donors (Lipinski definition) is 6. The second-order valence-electron chi connectivity index (χ2n) is 21.1. The van der Waals surface area contributed by atoms with E-state index in [2.05, 4.69) is 94.1 Å². The summed E-state index contributed by atoms with van der Waals surface area (Å²) in [5.74, 6) is -9.95. The monoisotopic (exact) mass is 924 g/mol. The van der Waals surface area contributed by atoms with Crippen LogP contribution in [0.4, 0.5) is 0 Å². The van der Waals surface area contributed by atoms with Crippen LogP contribution in [0.25, 0.3) is 0 Å². The van der Waals surface area contributed by atoms with Gasteiger partial charge in [-0.15, -0.1) is 0 Å². The fourth-order valence-electron chi connectivity index (χ4n) is 9.40. The van der Waals surface area contributed by atoms with Gasteiger partial charge in [-0.3, -0.25) is 28.8 Å². The van der Waals surface area contributed by atoms with Crippen LogP contribution in [0.2, 0.25) is 47.8 Å². The van der Waals surface area contributed by atoms with Crippen molar-refractivity contribution in [1.82, 2.24) is 0 Å². The molecule has 0 aliphatic carbocycles. The highest BCUT2D eigenvalue weighted by atomic mass is 28.4. The normalized spacial score (nSPS) is 21.0. The van der Waals surface area contributed by atoms with E-state index in [1.807, 2.05) is 18.2 Å². The Balaban J connectivity index is 2.61. The fourth-order valence-corrected chi connectivity index (χ4v) is 23.3. The highest BCUT2D eigenvalue weighted by Gasteiger charge is 2.78. The van der Waals surface area contributed by atoms with Crippen molar-refractivity contribution in [3.63, 3.8) is 0 Å². The van der Waals surface area contributed by atoms with E-state index in [9.17, 15) is 59.4 Å². The van der Waals surface area contributed by atoms with Crippen molar-refractivity contribution in [1.29, 1.82) is 0 Å². The summed E-state index contributed by atoms with van der Waals surface area (Å²) in [4.78, 5) is 70.3. The smallest absolute Gasteiger partial charge is 0.307 e. The van der Waals surface area contributed by atoms with Gasteiger partial charge in [-0.1, -0.05) is 103 Å². The van der Waals surface area contributed by atoms with E-state index in [0.29, 0.717) is 31.7 Å². The molecule has 0 bridgehead atoms. The van der Waals surface area contributed by atoms with Crippen LogP contribution in [0, 0.1) is 23.2 Å². The zero-order valence-corrected chi connectivity index (χ0v) is 42.3. The lowest BCUT2D eigenvalue weighted by molar-refractivity contribution is -0.148. The van der Waals surface area contributed by atoms with Gasteiger partial charge >= 0.3 is 35.8 Å². The minimum atomic E-state index is -3.06. The minimum absolute atomic E-state index is 0.153. The molecule has 1 aliphatic heterocycles. The van der Waals surface area contributed by atoms with Crippen LogP contribution in [-0.2, 0) is 37.6 Å². The molecule has 2 rings (SSSR count). The first-order valence-electron chi connectivity index (χ1n) is 21.9. The predicted molar refractivity (Wildman–Crippen MR) is 244 cm³/mol. The van der Waals surface area contributed by atoms with E-state index in [1.54, 1.807) is 0 Å². The molecule has 0 aromatic heterocycles. The van der Waals surface area contributed by atoms with Crippen LogP contribution in [0.3, 0.4) is 0 Å². The SMILES string of the molecule is CC(C)(CCCC(CC(=O)O)C(=O)O)C(C)(C)[Si](C)(CCCC(CC(=O)O)C(=O)O)OC(C)(C)C1(C)C[Si]1(OC(C)(C)[Si](C)(C)CCCC(CC(=O)O)C(=O)O)c1ccccc1. The summed E-state index contributed by atoms with van der Waals surface area (Å²) in [5, 5.41) is 56.9. The summed E-state index contributed by atoms with van der Waals surface area (Å²) in [7, 11) is -8.26. The molecule has 1 heterocycles. The number of carbonyl (C=O) groups is 6.